The van der Waals surface area contributed by atoms with E-state index < -0.39 is 6.09 Å². The van der Waals surface area contributed by atoms with E-state index in [1.165, 1.54) is 6.08 Å². The quantitative estimate of drug-likeness (QED) is 0.539. The summed E-state index contributed by atoms with van der Waals surface area (Å²) in [6.07, 6.45) is 7.77. The lowest BCUT2D eigenvalue weighted by Crippen LogP contribution is -2.16. The molecule has 2 heterocycles. The Labute approximate surface area is 194 Å². The second kappa shape index (κ2) is 11.5. The van der Waals surface area contributed by atoms with Gasteiger partial charge in [0.25, 0.3) is 0 Å². The van der Waals surface area contributed by atoms with Gasteiger partial charge in [0.1, 0.15) is 0 Å². The van der Waals surface area contributed by atoms with E-state index in [1.54, 1.807) is 18.5 Å². The van der Waals surface area contributed by atoms with Gasteiger partial charge >= 0.3 is 6.09 Å². The number of rotatable bonds is 10. The second-order valence-electron chi connectivity index (χ2n) is 8.58. The van der Waals surface area contributed by atoms with Crippen LogP contribution in [0.5, 0.6) is 0 Å². The summed E-state index contributed by atoms with van der Waals surface area (Å²) in [5.74, 6) is 0.106. The number of hydrogen-bond acceptors (Lipinski definition) is 6. The number of allylic oxidation sites excluding steroid dienone is 2. The molecule has 1 saturated heterocycles. The molecule has 1 fully saturated rings. The molecule has 33 heavy (non-hydrogen) atoms. The molecule has 2 aromatic rings. The van der Waals surface area contributed by atoms with E-state index in [0.29, 0.717) is 30.9 Å². The molecule has 176 valence electrons. The molecule has 8 heteroatoms. The first-order chi connectivity index (χ1) is 15.8. The van der Waals surface area contributed by atoms with E-state index in [2.05, 4.69) is 17.0 Å². The fourth-order valence-corrected chi connectivity index (χ4v) is 3.31. The van der Waals surface area contributed by atoms with Crippen LogP contribution in [0.3, 0.4) is 0 Å². The molecule has 0 bridgehead atoms. The highest BCUT2D eigenvalue weighted by molar-refractivity contribution is 6.04. The van der Waals surface area contributed by atoms with Crippen molar-refractivity contribution in [3.05, 3.63) is 66.7 Å². The zero-order valence-corrected chi connectivity index (χ0v) is 19.5. The van der Waals surface area contributed by atoms with Gasteiger partial charge in [0.2, 0.25) is 0 Å². The summed E-state index contributed by atoms with van der Waals surface area (Å²) >= 11 is 0. The zero-order valence-electron chi connectivity index (χ0n) is 19.5. The molecular weight excluding hydrogens is 420 g/mol. The maximum Gasteiger partial charge on any atom is 0.411 e. The molecule has 8 nitrogen and oxygen atoms in total. The third-order valence-corrected chi connectivity index (χ3v) is 5.21. The van der Waals surface area contributed by atoms with Crippen LogP contribution in [0, 0.1) is 5.92 Å². The molecular formula is C25H32N4O4. The number of nitrogens with zero attached hydrogens (tertiary/aromatic N) is 3. The summed E-state index contributed by atoms with van der Waals surface area (Å²) in [6, 6.07) is 7.56. The van der Waals surface area contributed by atoms with Crippen LogP contribution in [0.15, 0.2) is 61.1 Å². The minimum Gasteiger partial charge on any atom is -0.449 e. The molecule has 0 radical (unpaired) electrons. The third-order valence-electron chi connectivity index (χ3n) is 5.21. The van der Waals surface area contributed by atoms with Crippen LogP contribution in [-0.2, 0) is 20.7 Å². The lowest BCUT2D eigenvalue weighted by molar-refractivity contribution is -0.111. The number of benzene rings is 1. The molecule has 1 aliphatic rings. The van der Waals surface area contributed by atoms with E-state index in [9.17, 15) is 9.59 Å². The third kappa shape index (κ3) is 7.32. The number of anilines is 2. The second-order valence-corrected chi connectivity index (χ2v) is 8.58. The SMILES string of the molecule is C=C(Cc1cccc(NC(=O)OCC(C)C)c1)C(=O)C=CN(C)c1cnn(C2CCOC2)c1. The largest absolute Gasteiger partial charge is 0.449 e. The summed E-state index contributed by atoms with van der Waals surface area (Å²) in [5.41, 5.74) is 2.83. The molecule has 0 saturated carbocycles. The molecule has 1 N–H and O–H groups in total. The molecule has 1 aromatic heterocycles. The van der Waals surface area contributed by atoms with Gasteiger partial charge in [0.05, 0.1) is 31.1 Å². The van der Waals surface area contributed by atoms with E-state index >= 15 is 0 Å². The van der Waals surface area contributed by atoms with Gasteiger partial charge in [-0.15, -0.1) is 0 Å². The monoisotopic (exact) mass is 452 g/mol. The Bertz CT molecular complexity index is 1010. The minimum atomic E-state index is -0.495. The highest BCUT2D eigenvalue weighted by Gasteiger charge is 2.18. The smallest absolute Gasteiger partial charge is 0.411 e. The Morgan fingerprint density at radius 3 is 2.97 bits per heavy atom. The molecule has 1 unspecified atom stereocenters. The van der Waals surface area contributed by atoms with Crippen LogP contribution in [0.1, 0.15) is 31.9 Å². The van der Waals surface area contributed by atoms with Gasteiger partial charge in [-0.25, -0.2) is 4.79 Å². The first kappa shape index (κ1) is 24.3. The average Bonchev–Trinajstić information content (AvgIpc) is 3.48. The normalized spacial score (nSPS) is 15.7. The van der Waals surface area contributed by atoms with Crippen LogP contribution in [0.2, 0.25) is 0 Å². The number of ketones is 1. The Morgan fingerprint density at radius 1 is 1.42 bits per heavy atom. The lowest BCUT2D eigenvalue weighted by Gasteiger charge is -2.12. The number of hydrogen-bond donors (Lipinski definition) is 1. The van der Waals surface area contributed by atoms with Crippen molar-refractivity contribution in [1.29, 1.82) is 0 Å². The van der Waals surface area contributed by atoms with Crippen molar-refractivity contribution in [2.24, 2.45) is 5.92 Å². The van der Waals surface area contributed by atoms with E-state index in [0.717, 1.165) is 24.3 Å². The van der Waals surface area contributed by atoms with Gasteiger partial charge in [-0.3, -0.25) is 14.8 Å². The Hall–Kier alpha value is -3.39. The Balaban J connectivity index is 1.52. The first-order valence-electron chi connectivity index (χ1n) is 11.1. The van der Waals surface area contributed by atoms with Crippen LogP contribution in [0.25, 0.3) is 0 Å². The van der Waals surface area contributed by atoms with Gasteiger partial charge in [-0.1, -0.05) is 32.6 Å². The van der Waals surface area contributed by atoms with E-state index in [1.807, 2.05) is 54.9 Å². The number of nitrogens with one attached hydrogen (secondary N) is 1. The summed E-state index contributed by atoms with van der Waals surface area (Å²) in [6.45, 7) is 9.67. The number of amides is 1. The van der Waals surface area contributed by atoms with E-state index in [-0.39, 0.29) is 17.7 Å². The van der Waals surface area contributed by atoms with Crippen molar-refractivity contribution < 1.29 is 19.1 Å². The van der Waals surface area contributed by atoms with Crippen LogP contribution in [-0.4, -0.2) is 48.5 Å². The van der Waals surface area contributed by atoms with Gasteiger partial charge in [0, 0.05) is 44.2 Å². The van der Waals surface area contributed by atoms with Crippen molar-refractivity contribution in [3.8, 4) is 0 Å². The van der Waals surface area contributed by atoms with Crippen molar-refractivity contribution >= 4 is 23.3 Å². The van der Waals surface area contributed by atoms with Gasteiger partial charge < -0.3 is 14.4 Å². The minimum absolute atomic E-state index is 0.159. The topological polar surface area (TPSA) is 85.7 Å². The maximum atomic E-state index is 12.6. The molecule has 1 atom stereocenters. The molecule has 0 aliphatic carbocycles. The summed E-state index contributed by atoms with van der Waals surface area (Å²) < 4.78 is 12.5. The maximum absolute atomic E-state index is 12.6. The van der Waals surface area contributed by atoms with E-state index in [4.69, 9.17) is 9.47 Å². The molecule has 0 spiro atoms. The molecule has 1 aromatic carbocycles. The number of carbonyl (C=O) groups is 2. The highest BCUT2D eigenvalue weighted by atomic mass is 16.5. The van der Waals surface area contributed by atoms with Crippen LogP contribution >= 0.6 is 0 Å². The number of ether oxygens (including phenoxy) is 2. The zero-order chi connectivity index (χ0) is 23.8. The fourth-order valence-electron chi connectivity index (χ4n) is 3.31. The van der Waals surface area contributed by atoms with Gasteiger partial charge in [-0.2, -0.15) is 5.10 Å². The predicted octanol–water partition coefficient (Wildman–Crippen LogP) is 4.37. The number of carbonyl (C=O) groups excluding carboxylic acids is 2. The van der Waals surface area contributed by atoms with Crippen molar-refractivity contribution in [3.63, 3.8) is 0 Å². The molecule has 3 rings (SSSR count). The number of aromatic nitrogens is 2. The summed E-state index contributed by atoms with van der Waals surface area (Å²) in [5, 5.41) is 7.11. The van der Waals surface area contributed by atoms with Gasteiger partial charge in [0.15, 0.2) is 5.78 Å². The predicted molar refractivity (Wildman–Crippen MR) is 128 cm³/mol. The highest BCUT2D eigenvalue weighted by Crippen LogP contribution is 2.21. The van der Waals surface area contributed by atoms with Gasteiger partial charge in [-0.05, 0) is 35.6 Å². The Kier molecular flexibility index (Phi) is 8.43. The standard InChI is InChI=1S/C25H32N4O4/c1-18(2)16-33-25(31)27-21-7-5-6-20(13-21)12-19(3)24(30)8-10-28(4)23-14-26-29(15-23)22-9-11-32-17-22/h5-8,10,13-15,18,22H,3,9,11-12,16-17H2,1-2,4H3,(H,27,31). The summed E-state index contributed by atoms with van der Waals surface area (Å²) in [4.78, 5) is 26.3. The van der Waals surface area contributed by atoms with Crippen molar-refractivity contribution in [2.45, 2.75) is 32.7 Å². The van der Waals surface area contributed by atoms with Crippen LogP contribution < -0.4 is 10.2 Å². The molecule has 1 aliphatic heterocycles. The van der Waals surface area contributed by atoms with Crippen molar-refractivity contribution in [2.75, 3.05) is 37.1 Å². The first-order valence-corrected chi connectivity index (χ1v) is 11.1. The fraction of sp³-hybridized carbons (Fsp3) is 0.400. The van der Waals surface area contributed by atoms with Crippen LogP contribution in [0.4, 0.5) is 16.2 Å². The lowest BCUT2D eigenvalue weighted by atomic mass is 10.0. The average molecular weight is 453 g/mol. The molecule has 1 amide bonds. The summed E-state index contributed by atoms with van der Waals surface area (Å²) in [7, 11) is 1.87. The Morgan fingerprint density at radius 2 is 2.24 bits per heavy atom. The van der Waals surface area contributed by atoms with Crippen molar-refractivity contribution in [1.82, 2.24) is 9.78 Å².